The summed E-state index contributed by atoms with van der Waals surface area (Å²) in [4.78, 5) is 15.0. The Hall–Kier alpha value is -1.81. The standard InChI is InChI=1S/C23H31NO3/c1-18-14-20-17-27-22(25)23(20,15-18)16-19-6-8-21(9-7-19)26-13-5-12-24-10-3-2-4-11-24/h6-9,20H,1-5,10-17H2. The lowest BCUT2D eigenvalue weighted by Gasteiger charge is -2.26. The molecule has 2 saturated heterocycles. The first kappa shape index (κ1) is 18.5. The molecule has 2 unspecified atom stereocenters. The number of allylic oxidation sites excluding steroid dienone is 1. The molecule has 4 heteroatoms. The maximum atomic E-state index is 12.4. The molecular weight excluding hydrogens is 338 g/mol. The average molecular weight is 370 g/mol. The van der Waals surface area contributed by atoms with E-state index in [4.69, 9.17) is 9.47 Å². The van der Waals surface area contributed by atoms with Gasteiger partial charge in [0.2, 0.25) is 0 Å². The Morgan fingerprint density at radius 2 is 1.96 bits per heavy atom. The van der Waals surface area contributed by atoms with E-state index in [0.717, 1.165) is 44.6 Å². The normalized spacial score (nSPS) is 28.2. The van der Waals surface area contributed by atoms with Crippen LogP contribution in [0.5, 0.6) is 5.75 Å². The van der Waals surface area contributed by atoms with E-state index < -0.39 is 0 Å². The van der Waals surface area contributed by atoms with Crippen molar-refractivity contribution in [2.24, 2.45) is 11.3 Å². The van der Waals surface area contributed by atoms with Gasteiger partial charge in [-0.25, -0.2) is 0 Å². The Balaban J connectivity index is 1.27. The minimum absolute atomic E-state index is 0.0378. The van der Waals surface area contributed by atoms with Gasteiger partial charge in [-0.05, 0) is 69.3 Å². The van der Waals surface area contributed by atoms with Gasteiger partial charge in [-0.15, -0.1) is 0 Å². The monoisotopic (exact) mass is 369 g/mol. The Labute approximate surface area is 162 Å². The molecule has 0 radical (unpaired) electrons. The molecule has 0 spiro atoms. The first-order valence-corrected chi connectivity index (χ1v) is 10.4. The molecular formula is C23H31NO3. The number of rotatable bonds is 7. The number of cyclic esters (lactones) is 1. The summed E-state index contributed by atoms with van der Waals surface area (Å²) in [7, 11) is 0. The summed E-state index contributed by atoms with van der Waals surface area (Å²) in [5.41, 5.74) is 1.98. The van der Waals surface area contributed by atoms with E-state index in [1.807, 2.05) is 12.1 Å². The molecule has 0 N–H and O–H groups in total. The van der Waals surface area contributed by atoms with Crippen LogP contribution < -0.4 is 4.74 Å². The molecule has 1 aromatic carbocycles. The molecule has 0 aromatic heterocycles. The third kappa shape index (κ3) is 4.06. The van der Waals surface area contributed by atoms with Crippen LogP contribution in [0.4, 0.5) is 0 Å². The number of likely N-dealkylation sites (tertiary alicyclic amines) is 1. The van der Waals surface area contributed by atoms with Gasteiger partial charge < -0.3 is 14.4 Å². The van der Waals surface area contributed by atoms with Crippen molar-refractivity contribution in [3.63, 3.8) is 0 Å². The molecule has 4 rings (SSSR count). The predicted molar refractivity (Wildman–Crippen MR) is 106 cm³/mol. The highest BCUT2D eigenvalue weighted by molar-refractivity contribution is 5.81. The van der Waals surface area contributed by atoms with Gasteiger partial charge in [0.1, 0.15) is 5.75 Å². The van der Waals surface area contributed by atoms with Gasteiger partial charge >= 0.3 is 5.97 Å². The molecule has 1 aromatic rings. The maximum Gasteiger partial charge on any atom is 0.313 e. The van der Waals surface area contributed by atoms with Crippen molar-refractivity contribution in [3.05, 3.63) is 42.0 Å². The van der Waals surface area contributed by atoms with Crippen LogP contribution in [0.1, 0.15) is 44.1 Å². The van der Waals surface area contributed by atoms with Gasteiger partial charge in [-0.2, -0.15) is 0 Å². The minimum Gasteiger partial charge on any atom is -0.494 e. The molecule has 4 nitrogen and oxygen atoms in total. The van der Waals surface area contributed by atoms with Crippen LogP contribution in [0.3, 0.4) is 0 Å². The van der Waals surface area contributed by atoms with Gasteiger partial charge in [0.05, 0.1) is 18.6 Å². The summed E-state index contributed by atoms with van der Waals surface area (Å²) < 4.78 is 11.3. The second-order valence-electron chi connectivity index (χ2n) is 8.51. The fourth-order valence-corrected chi connectivity index (χ4v) is 4.99. The van der Waals surface area contributed by atoms with Crippen molar-refractivity contribution < 1.29 is 14.3 Å². The second-order valence-corrected chi connectivity index (χ2v) is 8.51. The Bertz CT molecular complexity index is 677. The molecule has 1 aliphatic carbocycles. The molecule has 0 bridgehead atoms. The summed E-state index contributed by atoms with van der Waals surface area (Å²) >= 11 is 0. The molecule has 146 valence electrons. The van der Waals surface area contributed by atoms with Crippen LogP contribution in [-0.4, -0.2) is 43.7 Å². The maximum absolute atomic E-state index is 12.4. The molecule has 27 heavy (non-hydrogen) atoms. The van der Waals surface area contributed by atoms with E-state index in [-0.39, 0.29) is 11.4 Å². The Morgan fingerprint density at radius 3 is 2.74 bits per heavy atom. The molecule has 0 amide bonds. The van der Waals surface area contributed by atoms with Crippen molar-refractivity contribution in [1.29, 1.82) is 0 Å². The number of hydrogen-bond donors (Lipinski definition) is 0. The summed E-state index contributed by atoms with van der Waals surface area (Å²) in [6, 6.07) is 8.26. The van der Waals surface area contributed by atoms with Crippen LogP contribution in [0.15, 0.2) is 36.4 Å². The fraction of sp³-hybridized carbons (Fsp3) is 0.609. The number of nitrogens with zero attached hydrogens (tertiary/aromatic N) is 1. The molecule has 2 aliphatic heterocycles. The highest BCUT2D eigenvalue weighted by Crippen LogP contribution is 2.52. The quantitative estimate of drug-likeness (QED) is 0.414. The van der Waals surface area contributed by atoms with Gasteiger partial charge in [0.25, 0.3) is 0 Å². The highest BCUT2D eigenvalue weighted by Gasteiger charge is 2.55. The van der Waals surface area contributed by atoms with E-state index >= 15 is 0 Å². The number of ether oxygens (including phenoxy) is 2. The van der Waals surface area contributed by atoms with Crippen LogP contribution in [0.25, 0.3) is 0 Å². The van der Waals surface area contributed by atoms with Gasteiger partial charge in [-0.3, -0.25) is 4.79 Å². The Kier molecular flexibility index (Phi) is 5.53. The smallest absolute Gasteiger partial charge is 0.313 e. The van der Waals surface area contributed by atoms with Crippen molar-refractivity contribution >= 4 is 5.97 Å². The lowest BCUT2D eigenvalue weighted by Crippen LogP contribution is -2.31. The van der Waals surface area contributed by atoms with E-state index in [9.17, 15) is 4.79 Å². The summed E-state index contributed by atoms with van der Waals surface area (Å²) in [5, 5.41) is 0. The van der Waals surface area contributed by atoms with Crippen LogP contribution in [0, 0.1) is 11.3 Å². The zero-order chi connectivity index (χ0) is 18.7. The fourth-order valence-electron chi connectivity index (χ4n) is 4.99. The van der Waals surface area contributed by atoms with Crippen molar-refractivity contribution in [1.82, 2.24) is 4.90 Å². The number of piperidine rings is 1. The van der Waals surface area contributed by atoms with E-state index in [1.165, 1.54) is 43.5 Å². The Morgan fingerprint density at radius 1 is 1.19 bits per heavy atom. The number of fused-ring (bicyclic) bond motifs is 1. The molecule has 2 atom stereocenters. The van der Waals surface area contributed by atoms with Gasteiger partial charge in [0.15, 0.2) is 0 Å². The minimum atomic E-state index is -0.381. The van der Waals surface area contributed by atoms with E-state index in [0.29, 0.717) is 12.5 Å². The lowest BCUT2D eigenvalue weighted by atomic mass is 9.75. The topological polar surface area (TPSA) is 38.8 Å². The lowest BCUT2D eigenvalue weighted by molar-refractivity contribution is -0.146. The van der Waals surface area contributed by atoms with Crippen molar-refractivity contribution in [3.8, 4) is 5.75 Å². The first-order valence-electron chi connectivity index (χ1n) is 10.4. The predicted octanol–water partition coefficient (Wildman–Crippen LogP) is 3.99. The molecule has 2 heterocycles. The van der Waals surface area contributed by atoms with Crippen LogP contribution in [0.2, 0.25) is 0 Å². The third-order valence-electron chi connectivity index (χ3n) is 6.48. The largest absolute Gasteiger partial charge is 0.494 e. The third-order valence-corrected chi connectivity index (χ3v) is 6.48. The molecule has 3 fully saturated rings. The van der Waals surface area contributed by atoms with E-state index in [2.05, 4.69) is 23.6 Å². The number of carbonyl (C=O) groups excluding carboxylic acids is 1. The van der Waals surface area contributed by atoms with Crippen LogP contribution >= 0.6 is 0 Å². The summed E-state index contributed by atoms with van der Waals surface area (Å²) in [6.07, 6.45) is 7.56. The highest BCUT2D eigenvalue weighted by atomic mass is 16.5. The van der Waals surface area contributed by atoms with Crippen molar-refractivity contribution in [2.45, 2.75) is 44.9 Å². The number of benzene rings is 1. The second kappa shape index (κ2) is 8.05. The van der Waals surface area contributed by atoms with Crippen molar-refractivity contribution in [2.75, 3.05) is 32.8 Å². The number of hydrogen-bond acceptors (Lipinski definition) is 4. The number of esters is 1. The number of carbonyl (C=O) groups is 1. The van der Waals surface area contributed by atoms with Gasteiger partial charge in [0, 0.05) is 12.5 Å². The molecule has 1 saturated carbocycles. The summed E-state index contributed by atoms with van der Waals surface area (Å²) in [6.45, 7) is 9.04. The SMILES string of the molecule is C=C1CC2COC(=O)C2(Cc2ccc(OCCCN3CCCCC3)cc2)C1. The van der Waals surface area contributed by atoms with Crippen LogP contribution in [-0.2, 0) is 16.0 Å². The van der Waals surface area contributed by atoms with Gasteiger partial charge in [-0.1, -0.05) is 30.7 Å². The summed E-state index contributed by atoms with van der Waals surface area (Å²) in [5.74, 6) is 1.17. The zero-order valence-electron chi connectivity index (χ0n) is 16.3. The first-order chi connectivity index (χ1) is 13.2. The zero-order valence-corrected chi connectivity index (χ0v) is 16.3. The molecule has 3 aliphatic rings. The average Bonchev–Trinajstić information content (AvgIpc) is 3.15. The van der Waals surface area contributed by atoms with E-state index in [1.54, 1.807) is 0 Å².